The molecule has 1 heterocycles. The molecular weight excluding hydrogens is 216 g/mol. The summed E-state index contributed by atoms with van der Waals surface area (Å²) in [5.74, 6) is 1.72. The van der Waals surface area contributed by atoms with Crippen molar-refractivity contribution in [3.05, 3.63) is 17.7 Å². The highest BCUT2D eigenvalue weighted by atomic mass is 16.6. The van der Waals surface area contributed by atoms with Gasteiger partial charge in [-0.15, -0.1) is 0 Å². The zero-order chi connectivity index (χ0) is 12.3. The molecule has 1 aliphatic heterocycles. The van der Waals surface area contributed by atoms with Crippen molar-refractivity contribution < 1.29 is 9.47 Å². The fraction of sp³-hybridized carbons (Fsp3) is 0.538. The smallest absolute Gasteiger partial charge is 0.163 e. The topological polar surface area (TPSA) is 33.7 Å². The number of rotatable bonds is 4. The quantitative estimate of drug-likeness (QED) is 0.857. The molecule has 0 spiro atoms. The van der Waals surface area contributed by atoms with Gasteiger partial charge in [0.2, 0.25) is 0 Å². The molecule has 4 nitrogen and oxygen atoms in total. The fourth-order valence-electron chi connectivity index (χ4n) is 1.99. The number of nitrogens with zero attached hydrogens (tertiary/aromatic N) is 1. The molecule has 0 unspecified atom stereocenters. The molecule has 94 valence electrons. The summed E-state index contributed by atoms with van der Waals surface area (Å²) in [5.41, 5.74) is 2.41. The van der Waals surface area contributed by atoms with Crippen molar-refractivity contribution in [1.29, 1.82) is 0 Å². The number of fused-ring (bicyclic) bond motifs is 1. The first-order valence-electron chi connectivity index (χ1n) is 5.98. The lowest BCUT2D eigenvalue weighted by Gasteiger charge is -2.25. The minimum Gasteiger partial charge on any atom is -0.486 e. The molecule has 0 saturated heterocycles. The van der Waals surface area contributed by atoms with Crippen LogP contribution in [0.15, 0.2) is 12.1 Å². The largest absolute Gasteiger partial charge is 0.486 e. The van der Waals surface area contributed by atoms with Crippen molar-refractivity contribution in [2.75, 3.05) is 45.3 Å². The number of hydrogen-bond donors (Lipinski definition) is 1. The Kier molecular flexibility index (Phi) is 3.74. The van der Waals surface area contributed by atoms with Gasteiger partial charge >= 0.3 is 0 Å². The second-order valence-electron chi connectivity index (χ2n) is 4.31. The van der Waals surface area contributed by atoms with Crippen molar-refractivity contribution in [2.24, 2.45) is 0 Å². The predicted molar refractivity (Wildman–Crippen MR) is 69.4 cm³/mol. The number of likely N-dealkylation sites (N-methyl/N-ethyl adjacent to an activating group) is 2. The molecule has 0 radical (unpaired) electrons. The van der Waals surface area contributed by atoms with E-state index in [-0.39, 0.29) is 0 Å². The maximum Gasteiger partial charge on any atom is 0.163 e. The van der Waals surface area contributed by atoms with E-state index in [1.807, 2.05) is 7.05 Å². The van der Waals surface area contributed by atoms with E-state index in [0.717, 1.165) is 24.6 Å². The van der Waals surface area contributed by atoms with E-state index >= 15 is 0 Å². The summed E-state index contributed by atoms with van der Waals surface area (Å²) in [7, 11) is 4.06. The zero-order valence-corrected chi connectivity index (χ0v) is 10.7. The van der Waals surface area contributed by atoms with Gasteiger partial charge in [-0.3, -0.25) is 0 Å². The van der Waals surface area contributed by atoms with Crippen LogP contribution in [0.25, 0.3) is 0 Å². The highest BCUT2D eigenvalue weighted by molar-refractivity contribution is 5.61. The van der Waals surface area contributed by atoms with Crippen molar-refractivity contribution in [3.63, 3.8) is 0 Å². The molecule has 1 N–H and O–H groups in total. The Balaban J connectivity index is 2.22. The van der Waals surface area contributed by atoms with E-state index < -0.39 is 0 Å². The van der Waals surface area contributed by atoms with Gasteiger partial charge in [0.1, 0.15) is 13.2 Å². The van der Waals surface area contributed by atoms with Crippen molar-refractivity contribution in [2.45, 2.75) is 6.92 Å². The number of aryl methyl sites for hydroxylation is 1. The second-order valence-corrected chi connectivity index (χ2v) is 4.31. The maximum atomic E-state index is 5.61. The minimum atomic E-state index is 0.635. The Morgan fingerprint density at radius 1 is 1.24 bits per heavy atom. The first-order valence-corrected chi connectivity index (χ1v) is 5.98. The van der Waals surface area contributed by atoms with Crippen molar-refractivity contribution >= 4 is 5.69 Å². The van der Waals surface area contributed by atoms with Crippen LogP contribution in [0, 0.1) is 6.92 Å². The van der Waals surface area contributed by atoms with Crippen LogP contribution in [-0.4, -0.2) is 40.4 Å². The Morgan fingerprint density at radius 3 is 2.53 bits per heavy atom. The minimum absolute atomic E-state index is 0.635. The first-order chi connectivity index (χ1) is 8.22. The van der Waals surface area contributed by atoms with Crippen LogP contribution < -0.4 is 19.7 Å². The third-order valence-corrected chi connectivity index (χ3v) is 2.97. The summed E-state index contributed by atoms with van der Waals surface area (Å²) in [6.07, 6.45) is 0. The van der Waals surface area contributed by atoms with Gasteiger partial charge in [-0.25, -0.2) is 0 Å². The predicted octanol–water partition coefficient (Wildman–Crippen LogP) is 1.42. The number of hydrogen-bond acceptors (Lipinski definition) is 4. The molecular formula is C13H20N2O2. The normalized spacial score (nSPS) is 13.6. The lowest BCUT2D eigenvalue weighted by atomic mass is 10.1. The molecule has 0 fully saturated rings. The van der Waals surface area contributed by atoms with Gasteiger partial charge in [-0.05, 0) is 25.6 Å². The van der Waals surface area contributed by atoms with Gasteiger partial charge in [0.15, 0.2) is 11.5 Å². The number of anilines is 1. The van der Waals surface area contributed by atoms with Crippen LogP contribution in [0.2, 0.25) is 0 Å². The van der Waals surface area contributed by atoms with Crippen LogP contribution >= 0.6 is 0 Å². The molecule has 2 rings (SSSR count). The molecule has 1 aromatic rings. The third kappa shape index (κ3) is 2.64. The molecule has 1 aliphatic rings. The molecule has 0 bridgehead atoms. The van der Waals surface area contributed by atoms with E-state index in [2.05, 4.69) is 36.3 Å². The Labute approximate surface area is 103 Å². The highest BCUT2D eigenvalue weighted by Crippen LogP contribution is 2.36. The van der Waals surface area contributed by atoms with Gasteiger partial charge in [0.05, 0.1) is 0 Å². The molecule has 0 aromatic heterocycles. The summed E-state index contributed by atoms with van der Waals surface area (Å²) < 4.78 is 11.2. The Hall–Kier alpha value is -1.42. The third-order valence-electron chi connectivity index (χ3n) is 2.97. The summed E-state index contributed by atoms with van der Waals surface area (Å²) in [5, 5.41) is 3.15. The monoisotopic (exact) mass is 236 g/mol. The first kappa shape index (κ1) is 12.0. The average molecular weight is 236 g/mol. The summed E-state index contributed by atoms with van der Waals surface area (Å²) >= 11 is 0. The van der Waals surface area contributed by atoms with Crippen molar-refractivity contribution in [1.82, 2.24) is 5.32 Å². The van der Waals surface area contributed by atoms with Crippen LogP contribution in [0.5, 0.6) is 11.5 Å². The molecule has 0 saturated carbocycles. The summed E-state index contributed by atoms with van der Waals surface area (Å²) in [4.78, 5) is 2.23. The maximum absolute atomic E-state index is 5.61. The van der Waals surface area contributed by atoms with E-state index in [0.29, 0.717) is 13.2 Å². The number of nitrogens with one attached hydrogen (secondary N) is 1. The SMILES string of the molecule is CNCCN(C)c1cc2c(cc1C)OCCO2. The van der Waals surface area contributed by atoms with E-state index in [9.17, 15) is 0 Å². The highest BCUT2D eigenvalue weighted by Gasteiger charge is 2.15. The summed E-state index contributed by atoms with van der Waals surface area (Å²) in [6.45, 7) is 5.31. The molecule has 0 amide bonds. The average Bonchev–Trinajstić information content (AvgIpc) is 2.35. The molecule has 17 heavy (non-hydrogen) atoms. The Bertz CT molecular complexity index is 393. The zero-order valence-electron chi connectivity index (χ0n) is 10.7. The molecule has 4 heteroatoms. The van der Waals surface area contributed by atoms with Crippen LogP contribution in [0.4, 0.5) is 5.69 Å². The van der Waals surface area contributed by atoms with Crippen molar-refractivity contribution in [3.8, 4) is 11.5 Å². The molecule has 0 atom stereocenters. The van der Waals surface area contributed by atoms with E-state index in [1.54, 1.807) is 0 Å². The lowest BCUT2D eigenvalue weighted by molar-refractivity contribution is 0.171. The van der Waals surface area contributed by atoms with E-state index in [4.69, 9.17) is 9.47 Å². The van der Waals surface area contributed by atoms with Gasteiger partial charge in [0.25, 0.3) is 0 Å². The molecule has 1 aromatic carbocycles. The van der Waals surface area contributed by atoms with E-state index in [1.165, 1.54) is 11.3 Å². The van der Waals surface area contributed by atoms with Crippen LogP contribution in [0.1, 0.15) is 5.56 Å². The Morgan fingerprint density at radius 2 is 1.88 bits per heavy atom. The number of ether oxygens (including phenoxy) is 2. The molecule has 0 aliphatic carbocycles. The van der Waals surface area contributed by atoms with Crippen LogP contribution in [-0.2, 0) is 0 Å². The lowest BCUT2D eigenvalue weighted by Crippen LogP contribution is -2.27. The summed E-state index contributed by atoms with van der Waals surface area (Å²) in [6, 6.07) is 4.12. The second kappa shape index (κ2) is 5.27. The standard InChI is InChI=1S/C13H20N2O2/c1-10-8-12-13(17-7-6-16-12)9-11(10)15(3)5-4-14-2/h8-9,14H,4-7H2,1-3H3. The van der Waals surface area contributed by atoms with Gasteiger partial charge in [-0.2, -0.15) is 0 Å². The fourth-order valence-corrected chi connectivity index (χ4v) is 1.99. The van der Waals surface area contributed by atoms with Gasteiger partial charge in [-0.1, -0.05) is 0 Å². The number of benzene rings is 1. The van der Waals surface area contributed by atoms with Gasteiger partial charge in [0, 0.05) is 31.9 Å². The van der Waals surface area contributed by atoms with Crippen LogP contribution in [0.3, 0.4) is 0 Å². The van der Waals surface area contributed by atoms with Gasteiger partial charge < -0.3 is 19.7 Å².